The van der Waals surface area contributed by atoms with E-state index >= 15 is 0 Å². The number of hydrogen-bond acceptors (Lipinski definition) is 3. The highest BCUT2D eigenvalue weighted by molar-refractivity contribution is 7.99. The molecule has 0 aliphatic heterocycles. The van der Waals surface area contributed by atoms with Crippen molar-refractivity contribution in [1.29, 1.82) is 0 Å². The number of rotatable bonds is 9. The van der Waals surface area contributed by atoms with E-state index in [0.29, 0.717) is 0 Å². The summed E-state index contributed by atoms with van der Waals surface area (Å²) in [7, 11) is 1.71. The molecular formula is C15H25NOS. The predicted octanol–water partition coefficient (Wildman–Crippen LogP) is 3.81. The van der Waals surface area contributed by atoms with Gasteiger partial charge in [0.2, 0.25) is 0 Å². The molecule has 0 saturated carbocycles. The molecular weight excluding hydrogens is 242 g/mol. The van der Waals surface area contributed by atoms with E-state index in [9.17, 15) is 0 Å². The van der Waals surface area contributed by atoms with Crippen LogP contribution < -0.4 is 10.1 Å². The molecule has 0 aliphatic rings. The first kappa shape index (κ1) is 15.4. The second kappa shape index (κ2) is 9.29. The van der Waals surface area contributed by atoms with E-state index in [-0.39, 0.29) is 0 Å². The van der Waals surface area contributed by atoms with Crippen LogP contribution >= 0.6 is 11.8 Å². The van der Waals surface area contributed by atoms with Gasteiger partial charge in [0.05, 0.1) is 7.11 Å². The smallest absolute Gasteiger partial charge is 0.119 e. The average Bonchev–Trinajstić information content (AvgIpc) is 2.37. The maximum atomic E-state index is 5.21. The van der Waals surface area contributed by atoms with Gasteiger partial charge < -0.3 is 10.1 Å². The Morgan fingerprint density at radius 3 is 2.83 bits per heavy atom. The Balaban J connectivity index is 2.06. The van der Waals surface area contributed by atoms with Crippen molar-refractivity contribution in [3.05, 3.63) is 24.3 Å². The molecule has 0 aromatic heterocycles. The fourth-order valence-corrected chi connectivity index (χ4v) is 2.58. The first-order chi connectivity index (χ1) is 8.72. The van der Waals surface area contributed by atoms with E-state index in [0.717, 1.165) is 24.8 Å². The predicted molar refractivity (Wildman–Crippen MR) is 80.7 cm³/mol. The van der Waals surface area contributed by atoms with Gasteiger partial charge in [-0.15, -0.1) is 11.8 Å². The Morgan fingerprint density at radius 2 is 2.11 bits per heavy atom. The molecule has 0 amide bonds. The van der Waals surface area contributed by atoms with Crippen LogP contribution in [0.15, 0.2) is 29.2 Å². The summed E-state index contributed by atoms with van der Waals surface area (Å²) in [5, 5.41) is 3.47. The second-order valence-electron chi connectivity index (χ2n) is 4.83. The number of thioether (sulfide) groups is 1. The number of ether oxygens (including phenoxy) is 1. The van der Waals surface area contributed by atoms with E-state index in [1.165, 1.54) is 23.5 Å². The van der Waals surface area contributed by atoms with Crippen LogP contribution in [-0.2, 0) is 0 Å². The van der Waals surface area contributed by atoms with Crippen molar-refractivity contribution in [2.24, 2.45) is 5.92 Å². The lowest BCUT2D eigenvalue weighted by molar-refractivity contribution is 0.413. The number of nitrogens with one attached hydrogen (secondary N) is 1. The normalized spacial score (nSPS) is 10.9. The molecule has 18 heavy (non-hydrogen) atoms. The quantitative estimate of drug-likeness (QED) is 0.543. The Kier molecular flexibility index (Phi) is 7.94. The Labute approximate surface area is 116 Å². The number of hydrogen-bond donors (Lipinski definition) is 1. The molecule has 1 aromatic rings. The van der Waals surface area contributed by atoms with Crippen molar-refractivity contribution in [3.63, 3.8) is 0 Å². The largest absolute Gasteiger partial charge is 0.497 e. The fraction of sp³-hybridized carbons (Fsp3) is 0.600. The van der Waals surface area contributed by atoms with Crippen LogP contribution in [0.25, 0.3) is 0 Å². The van der Waals surface area contributed by atoms with Gasteiger partial charge in [-0.3, -0.25) is 0 Å². The Hall–Kier alpha value is -0.670. The van der Waals surface area contributed by atoms with Gasteiger partial charge in [0.25, 0.3) is 0 Å². The number of unbranched alkanes of at least 4 members (excludes halogenated alkanes) is 1. The van der Waals surface area contributed by atoms with E-state index in [1.54, 1.807) is 7.11 Å². The molecule has 0 atom stereocenters. The van der Waals surface area contributed by atoms with E-state index in [2.05, 4.69) is 31.3 Å². The summed E-state index contributed by atoms with van der Waals surface area (Å²) >= 11 is 1.91. The SMILES string of the molecule is COc1cccc(SCCCCNCC(C)C)c1. The van der Waals surface area contributed by atoms with E-state index in [1.807, 2.05) is 23.9 Å². The van der Waals surface area contributed by atoms with Gasteiger partial charge in [0.15, 0.2) is 0 Å². The first-order valence-corrected chi connectivity index (χ1v) is 7.68. The van der Waals surface area contributed by atoms with Gasteiger partial charge in [0.1, 0.15) is 5.75 Å². The lowest BCUT2D eigenvalue weighted by Gasteiger charge is -2.07. The molecule has 0 unspecified atom stereocenters. The maximum absolute atomic E-state index is 5.21. The van der Waals surface area contributed by atoms with Crippen molar-refractivity contribution in [2.45, 2.75) is 31.6 Å². The highest BCUT2D eigenvalue weighted by Gasteiger charge is 1.97. The van der Waals surface area contributed by atoms with Crippen molar-refractivity contribution in [2.75, 3.05) is 26.0 Å². The average molecular weight is 267 g/mol. The molecule has 0 bridgehead atoms. The van der Waals surface area contributed by atoms with Gasteiger partial charge >= 0.3 is 0 Å². The summed E-state index contributed by atoms with van der Waals surface area (Å²) in [4.78, 5) is 1.30. The Bertz CT molecular complexity index is 328. The second-order valence-corrected chi connectivity index (χ2v) is 6.00. The number of methoxy groups -OCH3 is 1. The molecule has 0 saturated heterocycles. The van der Waals surface area contributed by atoms with Crippen LogP contribution in [0.3, 0.4) is 0 Å². The minimum Gasteiger partial charge on any atom is -0.497 e. The van der Waals surface area contributed by atoms with Crippen molar-refractivity contribution in [1.82, 2.24) is 5.32 Å². The van der Waals surface area contributed by atoms with Crippen LogP contribution in [-0.4, -0.2) is 26.0 Å². The lowest BCUT2D eigenvalue weighted by Crippen LogP contribution is -2.20. The van der Waals surface area contributed by atoms with Crippen LogP contribution in [0.5, 0.6) is 5.75 Å². The summed E-state index contributed by atoms with van der Waals surface area (Å²) in [6.07, 6.45) is 2.51. The minimum absolute atomic E-state index is 0.746. The summed E-state index contributed by atoms with van der Waals surface area (Å²) < 4.78 is 5.21. The monoisotopic (exact) mass is 267 g/mol. The topological polar surface area (TPSA) is 21.3 Å². The molecule has 102 valence electrons. The summed E-state index contributed by atoms with van der Waals surface area (Å²) in [5.74, 6) is 2.87. The minimum atomic E-state index is 0.746. The van der Waals surface area contributed by atoms with Gasteiger partial charge in [-0.1, -0.05) is 19.9 Å². The number of benzene rings is 1. The zero-order chi connectivity index (χ0) is 13.2. The standard InChI is InChI=1S/C15H25NOS/c1-13(2)12-16-9-4-5-10-18-15-8-6-7-14(11-15)17-3/h6-8,11,13,16H,4-5,9-10,12H2,1-3H3. The summed E-state index contributed by atoms with van der Waals surface area (Å²) in [6.45, 7) is 6.75. The molecule has 1 rings (SSSR count). The molecule has 0 fully saturated rings. The van der Waals surface area contributed by atoms with Crippen molar-refractivity contribution in [3.8, 4) is 5.75 Å². The van der Waals surface area contributed by atoms with Gasteiger partial charge in [0, 0.05) is 4.90 Å². The fourth-order valence-electron chi connectivity index (χ4n) is 1.62. The summed E-state index contributed by atoms with van der Waals surface area (Å²) in [5.41, 5.74) is 0. The van der Waals surface area contributed by atoms with E-state index < -0.39 is 0 Å². The zero-order valence-electron chi connectivity index (χ0n) is 11.7. The Morgan fingerprint density at radius 1 is 1.28 bits per heavy atom. The van der Waals surface area contributed by atoms with Gasteiger partial charge in [-0.05, 0) is 55.8 Å². The zero-order valence-corrected chi connectivity index (χ0v) is 12.6. The molecule has 0 spiro atoms. The van der Waals surface area contributed by atoms with E-state index in [4.69, 9.17) is 4.74 Å². The van der Waals surface area contributed by atoms with Crippen LogP contribution in [0.1, 0.15) is 26.7 Å². The van der Waals surface area contributed by atoms with Gasteiger partial charge in [-0.25, -0.2) is 0 Å². The molecule has 0 heterocycles. The first-order valence-electron chi connectivity index (χ1n) is 6.70. The third-order valence-electron chi connectivity index (χ3n) is 2.61. The molecule has 2 nitrogen and oxygen atoms in total. The third-order valence-corrected chi connectivity index (χ3v) is 3.69. The highest BCUT2D eigenvalue weighted by Crippen LogP contribution is 2.23. The highest BCUT2D eigenvalue weighted by atomic mass is 32.2. The molecule has 1 aromatic carbocycles. The van der Waals surface area contributed by atoms with Crippen molar-refractivity contribution < 1.29 is 4.74 Å². The molecule has 3 heteroatoms. The lowest BCUT2D eigenvalue weighted by atomic mass is 10.2. The van der Waals surface area contributed by atoms with Crippen LogP contribution in [0.4, 0.5) is 0 Å². The molecule has 0 radical (unpaired) electrons. The van der Waals surface area contributed by atoms with Crippen LogP contribution in [0, 0.1) is 5.92 Å². The van der Waals surface area contributed by atoms with Crippen molar-refractivity contribution >= 4 is 11.8 Å². The van der Waals surface area contributed by atoms with Gasteiger partial charge in [-0.2, -0.15) is 0 Å². The summed E-state index contributed by atoms with van der Waals surface area (Å²) in [6, 6.07) is 8.27. The maximum Gasteiger partial charge on any atom is 0.119 e. The molecule has 1 N–H and O–H groups in total. The van der Waals surface area contributed by atoms with Crippen LogP contribution in [0.2, 0.25) is 0 Å². The third kappa shape index (κ3) is 6.92. The molecule has 0 aliphatic carbocycles.